The van der Waals surface area contributed by atoms with Gasteiger partial charge in [0.2, 0.25) is 5.91 Å². The van der Waals surface area contributed by atoms with Gasteiger partial charge in [0.25, 0.3) is 0 Å². The Morgan fingerprint density at radius 3 is 2.40 bits per heavy atom. The molecule has 0 radical (unpaired) electrons. The molecular weight excluding hydrogens is 314 g/mol. The summed E-state index contributed by atoms with van der Waals surface area (Å²) in [5.41, 5.74) is 1.88. The fourth-order valence-corrected chi connectivity index (χ4v) is 3.04. The summed E-state index contributed by atoms with van der Waals surface area (Å²) in [6.45, 7) is 1.86. The van der Waals surface area contributed by atoms with Gasteiger partial charge in [0.15, 0.2) is 0 Å². The second kappa shape index (κ2) is 8.33. The molecule has 1 saturated heterocycles. The number of nitrogens with one attached hydrogen (secondary N) is 2. The van der Waals surface area contributed by atoms with Gasteiger partial charge in [-0.05, 0) is 30.0 Å². The van der Waals surface area contributed by atoms with E-state index in [1.165, 1.54) is 0 Å². The Morgan fingerprint density at radius 1 is 1.00 bits per heavy atom. The van der Waals surface area contributed by atoms with Gasteiger partial charge in [-0.15, -0.1) is 0 Å². The number of carbonyl (C=O) groups is 2. The number of carbonyl (C=O) groups excluding carboxylic acids is 2. The van der Waals surface area contributed by atoms with Gasteiger partial charge in [-0.2, -0.15) is 0 Å². The molecule has 2 aromatic rings. The number of benzene rings is 2. The van der Waals surface area contributed by atoms with E-state index in [1.807, 2.05) is 60.7 Å². The highest BCUT2D eigenvalue weighted by Crippen LogP contribution is 2.20. The molecule has 130 valence electrons. The summed E-state index contributed by atoms with van der Waals surface area (Å²) in [7, 11) is 0. The van der Waals surface area contributed by atoms with Crippen LogP contribution in [0, 0.1) is 5.92 Å². The second-order valence-corrected chi connectivity index (χ2v) is 6.36. The van der Waals surface area contributed by atoms with Crippen molar-refractivity contribution in [1.82, 2.24) is 10.2 Å². The molecule has 25 heavy (non-hydrogen) atoms. The Hall–Kier alpha value is -2.82. The van der Waals surface area contributed by atoms with Crippen molar-refractivity contribution < 1.29 is 9.59 Å². The van der Waals surface area contributed by atoms with Crippen LogP contribution in [0.1, 0.15) is 18.4 Å². The lowest BCUT2D eigenvalue weighted by molar-refractivity contribution is -0.122. The normalized spacial score (nSPS) is 16.5. The largest absolute Gasteiger partial charge is 0.352 e. The molecule has 1 unspecified atom stereocenters. The zero-order chi connectivity index (χ0) is 17.5. The van der Waals surface area contributed by atoms with E-state index in [0.29, 0.717) is 26.1 Å². The number of rotatable bonds is 5. The summed E-state index contributed by atoms with van der Waals surface area (Å²) in [4.78, 5) is 26.2. The van der Waals surface area contributed by atoms with Crippen LogP contribution >= 0.6 is 0 Å². The molecule has 0 aromatic heterocycles. The van der Waals surface area contributed by atoms with Crippen molar-refractivity contribution in [2.45, 2.75) is 19.4 Å². The lowest BCUT2D eigenvalue weighted by Crippen LogP contribution is -2.33. The van der Waals surface area contributed by atoms with Gasteiger partial charge >= 0.3 is 6.03 Å². The summed E-state index contributed by atoms with van der Waals surface area (Å²) in [5, 5.41) is 5.84. The van der Waals surface area contributed by atoms with Gasteiger partial charge in [0.05, 0.1) is 0 Å². The zero-order valence-corrected chi connectivity index (χ0v) is 14.2. The highest BCUT2D eigenvalue weighted by Gasteiger charge is 2.27. The minimum Gasteiger partial charge on any atom is -0.352 e. The molecule has 1 heterocycles. The number of hydrogen-bond acceptors (Lipinski definition) is 2. The number of nitrogens with zero attached hydrogens (tertiary/aromatic N) is 1. The average Bonchev–Trinajstić information content (AvgIpc) is 3.10. The number of anilines is 1. The molecule has 0 bridgehead atoms. The molecule has 5 heteroatoms. The Morgan fingerprint density at radius 2 is 1.68 bits per heavy atom. The average molecular weight is 337 g/mol. The van der Waals surface area contributed by atoms with Gasteiger partial charge < -0.3 is 15.5 Å². The number of amides is 3. The van der Waals surface area contributed by atoms with Crippen LogP contribution in [0.4, 0.5) is 10.5 Å². The molecular formula is C20H23N3O2. The Labute approximate surface area is 148 Å². The first kappa shape index (κ1) is 17.0. The summed E-state index contributed by atoms with van der Waals surface area (Å²) >= 11 is 0. The van der Waals surface area contributed by atoms with E-state index in [0.717, 1.165) is 17.7 Å². The third kappa shape index (κ3) is 5.08. The summed E-state index contributed by atoms with van der Waals surface area (Å²) < 4.78 is 0. The Kier molecular flexibility index (Phi) is 5.67. The van der Waals surface area contributed by atoms with Crippen molar-refractivity contribution in [1.29, 1.82) is 0 Å². The molecule has 1 aliphatic rings. The van der Waals surface area contributed by atoms with E-state index in [2.05, 4.69) is 10.6 Å². The number of urea groups is 1. The molecule has 1 aliphatic heterocycles. The zero-order valence-electron chi connectivity index (χ0n) is 14.2. The van der Waals surface area contributed by atoms with Crippen molar-refractivity contribution in [2.75, 3.05) is 18.4 Å². The maximum Gasteiger partial charge on any atom is 0.321 e. The quantitative estimate of drug-likeness (QED) is 0.880. The molecule has 2 aromatic carbocycles. The fourth-order valence-electron chi connectivity index (χ4n) is 3.04. The first-order valence-corrected chi connectivity index (χ1v) is 8.62. The highest BCUT2D eigenvalue weighted by molar-refractivity contribution is 5.89. The standard InChI is InChI=1S/C20H23N3O2/c24-19(21-14-16-7-3-1-4-8-16)13-17-11-12-23(15-17)20(25)22-18-9-5-2-6-10-18/h1-10,17H,11-15H2,(H,21,24)(H,22,25). The molecule has 1 fully saturated rings. The Balaban J connectivity index is 1.41. The van der Waals surface area contributed by atoms with Crippen LogP contribution in [0.5, 0.6) is 0 Å². The van der Waals surface area contributed by atoms with Gasteiger partial charge in [-0.3, -0.25) is 4.79 Å². The molecule has 0 saturated carbocycles. The number of likely N-dealkylation sites (tertiary alicyclic amines) is 1. The molecule has 0 spiro atoms. The van der Waals surface area contributed by atoms with Gasteiger partial charge in [0, 0.05) is 31.7 Å². The van der Waals surface area contributed by atoms with Crippen LogP contribution in [0.3, 0.4) is 0 Å². The van der Waals surface area contributed by atoms with E-state index >= 15 is 0 Å². The third-order valence-electron chi connectivity index (χ3n) is 4.40. The van der Waals surface area contributed by atoms with Crippen molar-refractivity contribution >= 4 is 17.6 Å². The van der Waals surface area contributed by atoms with E-state index in [4.69, 9.17) is 0 Å². The lowest BCUT2D eigenvalue weighted by Gasteiger charge is -2.17. The predicted molar refractivity (Wildman–Crippen MR) is 98.0 cm³/mol. The summed E-state index contributed by atoms with van der Waals surface area (Å²) in [6.07, 6.45) is 1.32. The topological polar surface area (TPSA) is 61.4 Å². The monoisotopic (exact) mass is 337 g/mol. The minimum atomic E-state index is -0.0987. The van der Waals surface area contributed by atoms with Crippen molar-refractivity contribution in [3.8, 4) is 0 Å². The van der Waals surface area contributed by atoms with Gasteiger partial charge in [-0.1, -0.05) is 48.5 Å². The van der Waals surface area contributed by atoms with Gasteiger partial charge in [-0.25, -0.2) is 4.79 Å². The van der Waals surface area contributed by atoms with Crippen molar-refractivity contribution in [2.24, 2.45) is 5.92 Å². The highest BCUT2D eigenvalue weighted by atomic mass is 16.2. The smallest absolute Gasteiger partial charge is 0.321 e. The first-order valence-electron chi connectivity index (χ1n) is 8.62. The summed E-state index contributed by atoms with van der Waals surface area (Å²) in [5.74, 6) is 0.261. The van der Waals surface area contributed by atoms with E-state index < -0.39 is 0 Å². The molecule has 5 nitrogen and oxygen atoms in total. The van der Waals surface area contributed by atoms with Crippen LogP contribution in [-0.4, -0.2) is 29.9 Å². The summed E-state index contributed by atoms with van der Waals surface area (Å²) in [6, 6.07) is 19.2. The maximum atomic E-state index is 12.3. The number of para-hydroxylation sites is 1. The molecule has 0 aliphatic carbocycles. The van der Waals surface area contributed by atoms with Crippen LogP contribution in [0.15, 0.2) is 60.7 Å². The van der Waals surface area contributed by atoms with Crippen LogP contribution in [-0.2, 0) is 11.3 Å². The van der Waals surface area contributed by atoms with Gasteiger partial charge in [0.1, 0.15) is 0 Å². The van der Waals surface area contributed by atoms with Crippen molar-refractivity contribution in [3.05, 3.63) is 66.2 Å². The van der Waals surface area contributed by atoms with E-state index in [1.54, 1.807) is 4.90 Å². The molecule has 3 rings (SSSR count). The molecule has 3 amide bonds. The maximum absolute atomic E-state index is 12.3. The fraction of sp³-hybridized carbons (Fsp3) is 0.300. The minimum absolute atomic E-state index is 0.0409. The second-order valence-electron chi connectivity index (χ2n) is 6.36. The SMILES string of the molecule is O=C(CC1CCN(C(=O)Nc2ccccc2)C1)NCc1ccccc1. The van der Waals surface area contributed by atoms with E-state index in [9.17, 15) is 9.59 Å². The lowest BCUT2D eigenvalue weighted by atomic mass is 10.0. The molecule has 2 N–H and O–H groups in total. The van der Waals surface area contributed by atoms with E-state index in [-0.39, 0.29) is 17.9 Å². The van der Waals surface area contributed by atoms with Crippen LogP contribution < -0.4 is 10.6 Å². The third-order valence-corrected chi connectivity index (χ3v) is 4.40. The van der Waals surface area contributed by atoms with Crippen LogP contribution in [0.2, 0.25) is 0 Å². The Bertz CT molecular complexity index is 703. The predicted octanol–water partition coefficient (Wildman–Crippen LogP) is 3.25. The first-order chi connectivity index (χ1) is 12.2. The molecule has 1 atom stereocenters. The van der Waals surface area contributed by atoms with Crippen molar-refractivity contribution in [3.63, 3.8) is 0 Å². The van der Waals surface area contributed by atoms with Crippen LogP contribution in [0.25, 0.3) is 0 Å². The number of hydrogen-bond donors (Lipinski definition) is 2.